The van der Waals surface area contributed by atoms with E-state index in [-0.39, 0.29) is 0 Å². The Kier molecular flexibility index (Phi) is 3.49. The van der Waals surface area contributed by atoms with Crippen LogP contribution in [0.5, 0.6) is 0 Å². The van der Waals surface area contributed by atoms with Crippen molar-refractivity contribution < 1.29 is 0 Å². The van der Waals surface area contributed by atoms with Crippen LogP contribution in [0.4, 0.5) is 11.6 Å². The summed E-state index contributed by atoms with van der Waals surface area (Å²) < 4.78 is 0. The van der Waals surface area contributed by atoms with Gasteiger partial charge in [0.05, 0.1) is 12.2 Å². The lowest BCUT2D eigenvalue weighted by Gasteiger charge is -2.10. The van der Waals surface area contributed by atoms with Gasteiger partial charge < -0.3 is 10.6 Å². The molecule has 0 fully saturated rings. The van der Waals surface area contributed by atoms with Crippen molar-refractivity contribution in [3.05, 3.63) is 42.0 Å². The molecule has 88 valence electrons. The highest BCUT2D eigenvalue weighted by Gasteiger charge is 2.04. The second kappa shape index (κ2) is 5.25. The zero-order valence-electron chi connectivity index (χ0n) is 9.94. The minimum atomic E-state index is 0.655. The van der Waals surface area contributed by atoms with Crippen molar-refractivity contribution in [2.45, 2.75) is 13.5 Å². The van der Waals surface area contributed by atoms with Gasteiger partial charge in [0.2, 0.25) is 0 Å². The molecule has 5 heteroatoms. The van der Waals surface area contributed by atoms with Gasteiger partial charge in [-0.2, -0.15) is 0 Å². The normalized spacial score (nSPS) is 10.0. The Balaban J connectivity index is 2.09. The van der Waals surface area contributed by atoms with Gasteiger partial charge in [-0.1, -0.05) is 6.07 Å². The lowest BCUT2D eigenvalue weighted by molar-refractivity contribution is 1.01. The molecular formula is C12H15N5. The van der Waals surface area contributed by atoms with Crippen LogP contribution in [0.3, 0.4) is 0 Å². The quantitative estimate of drug-likeness (QED) is 0.837. The molecular weight excluding hydrogens is 214 g/mol. The van der Waals surface area contributed by atoms with Crippen LogP contribution in [0.2, 0.25) is 0 Å². The van der Waals surface area contributed by atoms with Gasteiger partial charge in [-0.25, -0.2) is 9.97 Å². The van der Waals surface area contributed by atoms with Crippen LogP contribution in [-0.2, 0) is 6.54 Å². The van der Waals surface area contributed by atoms with Crippen molar-refractivity contribution >= 4 is 11.6 Å². The number of nitrogens with one attached hydrogen (secondary N) is 2. The van der Waals surface area contributed by atoms with Gasteiger partial charge >= 0.3 is 0 Å². The first-order valence-electron chi connectivity index (χ1n) is 5.44. The molecule has 0 saturated carbocycles. The Morgan fingerprint density at radius 1 is 1.12 bits per heavy atom. The van der Waals surface area contributed by atoms with Gasteiger partial charge in [-0.15, -0.1) is 0 Å². The van der Waals surface area contributed by atoms with Crippen LogP contribution < -0.4 is 10.6 Å². The molecule has 0 saturated heterocycles. The molecule has 2 aromatic heterocycles. The molecule has 2 heterocycles. The second-order valence-corrected chi connectivity index (χ2v) is 3.62. The molecule has 17 heavy (non-hydrogen) atoms. The fraction of sp³-hybridized carbons (Fsp3) is 0.250. The van der Waals surface area contributed by atoms with E-state index in [1.54, 1.807) is 12.5 Å². The summed E-state index contributed by atoms with van der Waals surface area (Å²) in [5, 5.41) is 6.28. The molecule has 0 bridgehead atoms. The van der Waals surface area contributed by atoms with E-state index >= 15 is 0 Å². The van der Waals surface area contributed by atoms with E-state index in [0.717, 1.165) is 22.9 Å². The molecule has 0 atom stereocenters. The van der Waals surface area contributed by atoms with Gasteiger partial charge in [0, 0.05) is 18.8 Å². The Bertz CT molecular complexity index is 484. The third kappa shape index (κ3) is 2.69. The number of pyridine rings is 1. The van der Waals surface area contributed by atoms with E-state index in [4.69, 9.17) is 0 Å². The van der Waals surface area contributed by atoms with Crippen molar-refractivity contribution in [1.29, 1.82) is 0 Å². The van der Waals surface area contributed by atoms with Gasteiger partial charge in [-0.05, 0) is 19.1 Å². The minimum Gasteiger partial charge on any atom is -0.373 e. The predicted octanol–water partition coefficient (Wildman–Crippen LogP) is 1.83. The summed E-state index contributed by atoms with van der Waals surface area (Å²) in [6.45, 7) is 2.63. The van der Waals surface area contributed by atoms with E-state index in [2.05, 4.69) is 25.6 Å². The highest BCUT2D eigenvalue weighted by molar-refractivity contribution is 5.56. The summed E-state index contributed by atoms with van der Waals surface area (Å²) in [4.78, 5) is 12.6. The van der Waals surface area contributed by atoms with Crippen molar-refractivity contribution in [2.24, 2.45) is 0 Å². The van der Waals surface area contributed by atoms with Crippen molar-refractivity contribution in [2.75, 3.05) is 17.7 Å². The monoisotopic (exact) mass is 229 g/mol. The number of rotatable bonds is 4. The average molecular weight is 229 g/mol. The molecule has 5 nitrogen and oxygen atoms in total. The smallest absolute Gasteiger partial charge is 0.134 e. The fourth-order valence-corrected chi connectivity index (χ4v) is 1.56. The molecule has 0 unspecified atom stereocenters. The fourth-order valence-electron chi connectivity index (χ4n) is 1.56. The van der Waals surface area contributed by atoms with Crippen LogP contribution >= 0.6 is 0 Å². The molecule has 0 aliphatic heterocycles. The third-order valence-corrected chi connectivity index (χ3v) is 2.48. The van der Waals surface area contributed by atoms with E-state index in [9.17, 15) is 0 Å². The van der Waals surface area contributed by atoms with Gasteiger partial charge in [0.15, 0.2) is 0 Å². The van der Waals surface area contributed by atoms with Crippen molar-refractivity contribution in [1.82, 2.24) is 15.0 Å². The summed E-state index contributed by atoms with van der Waals surface area (Å²) >= 11 is 0. The maximum Gasteiger partial charge on any atom is 0.134 e. The van der Waals surface area contributed by atoms with Crippen LogP contribution in [0.25, 0.3) is 0 Å². The second-order valence-electron chi connectivity index (χ2n) is 3.62. The zero-order valence-corrected chi connectivity index (χ0v) is 9.94. The predicted molar refractivity (Wildman–Crippen MR) is 67.9 cm³/mol. The molecule has 2 N–H and O–H groups in total. The summed E-state index contributed by atoms with van der Waals surface area (Å²) in [6.07, 6.45) is 3.32. The first-order valence-corrected chi connectivity index (χ1v) is 5.44. The maximum atomic E-state index is 4.24. The Morgan fingerprint density at radius 3 is 2.65 bits per heavy atom. The summed E-state index contributed by atoms with van der Waals surface area (Å²) in [6, 6.07) is 5.84. The topological polar surface area (TPSA) is 62.7 Å². The standard InChI is InChI=1S/C12H15N5/c1-9-11(13-2)16-8-17-12(9)15-7-10-5-3-4-6-14-10/h3-6,8H,7H2,1-2H3,(H2,13,15,16,17). The molecule has 0 spiro atoms. The highest BCUT2D eigenvalue weighted by Crippen LogP contribution is 2.17. The lowest BCUT2D eigenvalue weighted by atomic mass is 10.3. The SMILES string of the molecule is CNc1ncnc(NCc2ccccn2)c1C. The van der Waals surface area contributed by atoms with E-state index < -0.39 is 0 Å². The van der Waals surface area contributed by atoms with Crippen molar-refractivity contribution in [3.63, 3.8) is 0 Å². The molecule has 2 rings (SSSR count). The third-order valence-electron chi connectivity index (χ3n) is 2.48. The van der Waals surface area contributed by atoms with Gasteiger partial charge in [-0.3, -0.25) is 4.98 Å². The van der Waals surface area contributed by atoms with E-state index in [1.807, 2.05) is 32.2 Å². The Labute approximate surface area is 100 Å². The lowest BCUT2D eigenvalue weighted by Crippen LogP contribution is -2.07. The first kappa shape index (κ1) is 11.3. The Hall–Kier alpha value is -2.17. The Morgan fingerprint density at radius 2 is 1.94 bits per heavy atom. The number of aromatic nitrogens is 3. The molecule has 0 aromatic carbocycles. The van der Waals surface area contributed by atoms with E-state index in [0.29, 0.717) is 6.54 Å². The highest BCUT2D eigenvalue weighted by atomic mass is 15.1. The van der Waals surface area contributed by atoms with E-state index in [1.165, 1.54) is 0 Å². The first-order chi connectivity index (χ1) is 8.31. The molecule has 2 aromatic rings. The maximum absolute atomic E-state index is 4.24. The number of hydrogen-bond donors (Lipinski definition) is 2. The zero-order chi connectivity index (χ0) is 12.1. The van der Waals surface area contributed by atoms with Gasteiger partial charge in [0.25, 0.3) is 0 Å². The summed E-state index contributed by atoms with van der Waals surface area (Å²) in [7, 11) is 1.85. The molecule has 0 radical (unpaired) electrons. The summed E-state index contributed by atoms with van der Waals surface area (Å²) in [5.41, 5.74) is 1.99. The van der Waals surface area contributed by atoms with Crippen LogP contribution in [0.15, 0.2) is 30.7 Å². The van der Waals surface area contributed by atoms with Gasteiger partial charge in [0.1, 0.15) is 18.0 Å². The molecule has 0 aliphatic carbocycles. The molecule has 0 amide bonds. The van der Waals surface area contributed by atoms with Crippen molar-refractivity contribution in [3.8, 4) is 0 Å². The molecule has 0 aliphatic rings. The number of hydrogen-bond acceptors (Lipinski definition) is 5. The van der Waals surface area contributed by atoms with Crippen LogP contribution in [0.1, 0.15) is 11.3 Å². The largest absolute Gasteiger partial charge is 0.373 e. The number of anilines is 2. The number of nitrogens with zero attached hydrogens (tertiary/aromatic N) is 3. The van der Waals surface area contributed by atoms with Crippen LogP contribution in [-0.4, -0.2) is 22.0 Å². The minimum absolute atomic E-state index is 0.655. The summed E-state index contributed by atoms with van der Waals surface area (Å²) in [5.74, 6) is 1.67. The van der Waals surface area contributed by atoms with Crippen LogP contribution in [0, 0.1) is 6.92 Å². The average Bonchev–Trinajstić information content (AvgIpc) is 2.39.